The predicted molar refractivity (Wildman–Crippen MR) is 87.2 cm³/mol. The molecule has 1 aromatic carbocycles. The standard InChI is InChI=1S/C14H19BrClNO3S/c1-10-9-17(4-3-5-20-10)21(18,19)14-7-12(8-16)6-13(15)11(14)2/h6-7,10H,3-5,8-9H2,1-2H3. The van der Waals surface area contributed by atoms with Crippen molar-refractivity contribution in [3.05, 3.63) is 27.7 Å². The molecule has 0 radical (unpaired) electrons. The van der Waals surface area contributed by atoms with Gasteiger partial charge in [-0.05, 0) is 43.5 Å². The Balaban J connectivity index is 2.45. The summed E-state index contributed by atoms with van der Waals surface area (Å²) in [5, 5.41) is 0. The molecule has 0 aliphatic carbocycles. The second-order valence-electron chi connectivity index (χ2n) is 5.23. The van der Waals surface area contributed by atoms with Crippen molar-refractivity contribution in [3.63, 3.8) is 0 Å². The first-order valence-corrected chi connectivity index (χ1v) is 9.59. The molecule has 7 heteroatoms. The van der Waals surface area contributed by atoms with Crippen molar-refractivity contribution in [2.24, 2.45) is 0 Å². The van der Waals surface area contributed by atoms with Gasteiger partial charge in [-0.2, -0.15) is 4.31 Å². The van der Waals surface area contributed by atoms with Gasteiger partial charge in [0.1, 0.15) is 0 Å². The van der Waals surface area contributed by atoms with Gasteiger partial charge >= 0.3 is 0 Å². The molecule has 0 bridgehead atoms. The number of hydrogen-bond acceptors (Lipinski definition) is 3. The molecule has 1 atom stereocenters. The fourth-order valence-electron chi connectivity index (χ4n) is 2.37. The Morgan fingerprint density at radius 2 is 2.19 bits per heavy atom. The Kier molecular flexibility index (Phi) is 5.71. The zero-order valence-electron chi connectivity index (χ0n) is 12.1. The van der Waals surface area contributed by atoms with Gasteiger partial charge in [0, 0.05) is 30.0 Å². The van der Waals surface area contributed by atoms with E-state index in [9.17, 15) is 8.42 Å². The van der Waals surface area contributed by atoms with Crippen LogP contribution in [0.2, 0.25) is 0 Å². The molecule has 1 aliphatic heterocycles. The summed E-state index contributed by atoms with van der Waals surface area (Å²) in [4.78, 5) is 0.321. The third-order valence-corrected chi connectivity index (χ3v) is 6.67. The molecule has 1 heterocycles. The lowest BCUT2D eigenvalue weighted by Gasteiger charge is -2.23. The summed E-state index contributed by atoms with van der Waals surface area (Å²) in [6.45, 7) is 5.15. The lowest BCUT2D eigenvalue weighted by atomic mass is 10.2. The van der Waals surface area contributed by atoms with Crippen LogP contribution in [0.4, 0.5) is 0 Å². The summed E-state index contributed by atoms with van der Waals surface area (Å²) in [7, 11) is -3.54. The molecule has 1 aliphatic rings. The summed E-state index contributed by atoms with van der Waals surface area (Å²) in [5.41, 5.74) is 1.49. The number of halogens is 2. The second kappa shape index (κ2) is 6.96. The summed E-state index contributed by atoms with van der Waals surface area (Å²) >= 11 is 9.27. The fourth-order valence-corrected chi connectivity index (χ4v) is 5.01. The van der Waals surface area contributed by atoms with Gasteiger partial charge in [-0.25, -0.2) is 8.42 Å². The van der Waals surface area contributed by atoms with Crippen LogP contribution in [0, 0.1) is 6.92 Å². The predicted octanol–water partition coefficient (Wildman–Crippen LogP) is 3.30. The Bertz CT molecular complexity index is 621. The zero-order chi connectivity index (χ0) is 15.6. The molecule has 2 rings (SSSR count). The molecule has 1 fully saturated rings. The first kappa shape index (κ1) is 17.2. The largest absolute Gasteiger partial charge is 0.377 e. The highest BCUT2D eigenvalue weighted by Crippen LogP contribution is 2.29. The third kappa shape index (κ3) is 3.79. The summed E-state index contributed by atoms with van der Waals surface area (Å²) in [6.07, 6.45) is 0.612. The molecular weight excluding hydrogens is 378 g/mol. The van der Waals surface area contributed by atoms with Crippen molar-refractivity contribution >= 4 is 37.6 Å². The first-order valence-electron chi connectivity index (χ1n) is 6.83. The Morgan fingerprint density at radius 1 is 1.48 bits per heavy atom. The average molecular weight is 397 g/mol. The monoisotopic (exact) mass is 395 g/mol. The minimum Gasteiger partial charge on any atom is -0.377 e. The molecular formula is C14H19BrClNO3S. The molecule has 0 saturated carbocycles. The van der Waals surface area contributed by atoms with Crippen LogP contribution in [0.5, 0.6) is 0 Å². The normalized spacial score (nSPS) is 21.2. The number of sulfonamides is 1. The highest BCUT2D eigenvalue weighted by atomic mass is 79.9. The lowest BCUT2D eigenvalue weighted by Crippen LogP contribution is -2.36. The van der Waals surface area contributed by atoms with Crippen LogP contribution in [0.3, 0.4) is 0 Å². The van der Waals surface area contributed by atoms with Crippen molar-refractivity contribution in [1.82, 2.24) is 4.31 Å². The van der Waals surface area contributed by atoms with Crippen LogP contribution in [-0.4, -0.2) is 38.5 Å². The Labute approximate surface area is 139 Å². The van der Waals surface area contributed by atoms with E-state index in [1.54, 1.807) is 13.0 Å². The van der Waals surface area contributed by atoms with Gasteiger partial charge in [0.2, 0.25) is 10.0 Å². The second-order valence-corrected chi connectivity index (χ2v) is 8.26. The molecule has 1 aromatic rings. The van der Waals surface area contributed by atoms with Crippen molar-refractivity contribution in [2.45, 2.75) is 37.1 Å². The van der Waals surface area contributed by atoms with Crippen LogP contribution in [0.1, 0.15) is 24.5 Å². The highest BCUT2D eigenvalue weighted by molar-refractivity contribution is 9.10. The van der Waals surface area contributed by atoms with E-state index in [0.29, 0.717) is 36.6 Å². The van der Waals surface area contributed by atoms with Gasteiger partial charge in [-0.15, -0.1) is 11.6 Å². The van der Waals surface area contributed by atoms with Gasteiger partial charge in [-0.3, -0.25) is 0 Å². The number of benzene rings is 1. The number of nitrogens with zero attached hydrogens (tertiary/aromatic N) is 1. The van der Waals surface area contributed by atoms with Crippen LogP contribution in [-0.2, 0) is 20.6 Å². The van der Waals surface area contributed by atoms with Crippen molar-refractivity contribution < 1.29 is 13.2 Å². The summed E-state index contributed by atoms with van der Waals surface area (Å²) in [5.74, 6) is 0.279. The molecule has 118 valence electrons. The zero-order valence-corrected chi connectivity index (χ0v) is 15.3. The molecule has 0 spiro atoms. The maximum Gasteiger partial charge on any atom is 0.243 e. The molecule has 0 aromatic heterocycles. The summed E-state index contributed by atoms with van der Waals surface area (Å²) < 4.78 is 33.7. The van der Waals surface area contributed by atoms with Gasteiger partial charge < -0.3 is 4.74 Å². The highest BCUT2D eigenvalue weighted by Gasteiger charge is 2.29. The van der Waals surface area contributed by atoms with Crippen LogP contribution >= 0.6 is 27.5 Å². The quantitative estimate of drug-likeness (QED) is 0.737. The van der Waals surface area contributed by atoms with E-state index in [0.717, 1.165) is 10.0 Å². The van der Waals surface area contributed by atoms with E-state index in [1.165, 1.54) is 4.31 Å². The van der Waals surface area contributed by atoms with Gasteiger partial charge in [0.15, 0.2) is 0 Å². The number of ether oxygens (including phenoxy) is 1. The minimum absolute atomic E-state index is 0.0952. The molecule has 1 saturated heterocycles. The van der Waals surface area contributed by atoms with Crippen molar-refractivity contribution in [2.75, 3.05) is 19.7 Å². The van der Waals surface area contributed by atoms with Crippen LogP contribution in [0.25, 0.3) is 0 Å². The van der Waals surface area contributed by atoms with E-state index in [2.05, 4.69) is 15.9 Å². The Morgan fingerprint density at radius 3 is 2.86 bits per heavy atom. The minimum atomic E-state index is -3.54. The maximum atomic E-state index is 12.9. The molecule has 0 N–H and O–H groups in total. The van der Waals surface area contributed by atoms with Gasteiger partial charge in [0.05, 0.1) is 11.0 Å². The molecule has 21 heavy (non-hydrogen) atoms. The third-order valence-electron chi connectivity index (χ3n) is 3.54. The smallest absolute Gasteiger partial charge is 0.243 e. The van der Waals surface area contributed by atoms with Gasteiger partial charge in [-0.1, -0.05) is 15.9 Å². The maximum absolute atomic E-state index is 12.9. The van der Waals surface area contributed by atoms with E-state index in [-0.39, 0.29) is 12.0 Å². The van der Waals surface area contributed by atoms with Gasteiger partial charge in [0.25, 0.3) is 0 Å². The first-order chi connectivity index (χ1) is 9.86. The van der Waals surface area contributed by atoms with Crippen molar-refractivity contribution in [3.8, 4) is 0 Å². The molecule has 4 nitrogen and oxygen atoms in total. The lowest BCUT2D eigenvalue weighted by molar-refractivity contribution is 0.0752. The van der Waals surface area contributed by atoms with Crippen LogP contribution < -0.4 is 0 Å². The van der Waals surface area contributed by atoms with E-state index in [4.69, 9.17) is 16.3 Å². The van der Waals surface area contributed by atoms with Crippen molar-refractivity contribution in [1.29, 1.82) is 0 Å². The number of alkyl halides is 1. The SMILES string of the molecule is Cc1c(Br)cc(CCl)cc1S(=O)(=O)N1CCCOC(C)C1. The number of rotatable bonds is 3. The van der Waals surface area contributed by atoms with E-state index < -0.39 is 10.0 Å². The average Bonchev–Trinajstić information content (AvgIpc) is 2.66. The van der Waals surface area contributed by atoms with Crippen LogP contribution in [0.15, 0.2) is 21.5 Å². The molecule has 0 amide bonds. The fraction of sp³-hybridized carbons (Fsp3) is 0.571. The number of hydrogen-bond donors (Lipinski definition) is 0. The molecule has 1 unspecified atom stereocenters. The summed E-state index contributed by atoms with van der Waals surface area (Å²) in [6, 6.07) is 3.52. The van der Waals surface area contributed by atoms with E-state index >= 15 is 0 Å². The topological polar surface area (TPSA) is 46.6 Å². The van der Waals surface area contributed by atoms with E-state index in [1.807, 2.05) is 13.0 Å². The Hall–Kier alpha value is -0.140.